The van der Waals surface area contributed by atoms with Crippen molar-refractivity contribution in [2.75, 3.05) is 4.90 Å². The average Bonchev–Trinajstić information content (AvgIpc) is 2.90. The molecule has 4 nitrogen and oxygen atoms in total. The first kappa shape index (κ1) is 16.7. The molecular weight excluding hydrogens is 370 g/mol. The molecule has 0 bridgehead atoms. The SMILES string of the molecule is C[C@H](OC(=O)c1ccccc1Br)C(=O)N1c2ccccc2C[C@@H]1C. The summed E-state index contributed by atoms with van der Waals surface area (Å²) in [6.45, 7) is 3.62. The molecular formula is C19H18BrNO3. The Kier molecular flexibility index (Phi) is 4.71. The third kappa shape index (κ3) is 3.08. The molecule has 1 amide bonds. The lowest BCUT2D eigenvalue weighted by molar-refractivity contribution is -0.126. The number of esters is 1. The molecule has 2 aromatic rings. The maximum absolute atomic E-state index is 12.8. The second kappa shape index (κ2) is 6.77. The number of fused-ring (bicyclic) bond motifs is 1. The minimum absolute atomic E-state index is 0.0551. The normalized spacial score (nSPS) is 17.3. The van der Waals surface area contributed by atoms with Crippen LogP contribution in [0.25, 0.3) is 0 Å². The lowest BCUT2D eigenvalue weighted by Crippen LogP contribution is -2.43. The van der Waals surface area contributed by atoms with Gasteiger partial charge in [-0.05, 0) is 60.0 Å². The lowest BCUT2D eigenvalue weighted by atomic mass is 10.1. The number of amides is 1. The smallest absolute Gasteiger partial charge is 0.340 e. The molecule has 0 aliphatic carbocycles. The van der Waals surface area contributed by atoms with Crippen molar-refractivity contribution in [1.82, 2.24) is 0 Å². The fourth-order valence-corrected chi connectivity index (χ4v) is 3.45. The Morgan fingerprint density at radius 1 is 1.17 bits per heavy atom. The number of nitrogens with zero attached hydrogens (tertiary/aromatic N) is 1. The molecule has 0 saturated carbocycles. The molecule has 24 heavy (non-hydrogen) atoms. The van der Waals surface area contributed by atoms with Crippen LogP contribution >= 0.6 is 15.9 Å². The van der Waals surface area contributed by atoms with Crippen LogP contribution in [0.1, 0.15) is 29.8 Å². The Morgan fingerprint density at radius 3 is 2.58 bits per heavy atom. The molecule has 0 saturated heterocycles. The average molecular weight is 388 g/mol. The van der Waals surface area contributed by atoms with Crippen molar-refractivity contribution in [3.8, 4) is 0 Å². The molecule has 124 valence electrons. The van der Waals surface area contributed by atoms with Gasteiger partial charge in [-0.15, -0.1) is 0 Å². The molecule has 0 N–H and O–H groups in total. The van der Waals surface area contributed by atoms with Gasteiger partial charge in [0.05, 0.1) is 5.56 Å². The third-order valence-electron chi connectivity index (χ3n) is 4.17. The maximum Gasteiger partial charge on any atom is 0.340 e. The van der Waals surface area contributed by atoms with Crippen LogP contribution < -0.4 is 4.90 Å². The predicted octanol–water partition coefficient (Wildman–Crippen LogP) is 3.97. The predicted molar refractivity (Wildman–Crippen MR) is 96.1 cm³/mol. The second-order valence-electron chi connectivity index (χ2n) is 5.92. The Hall–Kier alpha value is -2.14. The standard InChI is InChI=1S/C19H18BrNO3/c1-12-11-14-7-3-6-10-17(14)21(12)18(22)13(2)24-19(23)15-8-4-5-9-16(15)20/h3-10,12-13H,11H2,1-2H3/t12-,13-/m0/s1. The Morgan fingerprint density at radius 2 is 1.83 bits per heavy atom. The van der Waals surface area contributed by atoms with Gasteiger partial charge in [0.2, 0.25) is 0 Å². The minimum Gasteiger partial charge on any atom is -0.449 e. The number of carbonyl (C=O) groups excluding carboxylic acids is 2. The van der Waals surface area contributed by atoms with Gasteiger partial charge in [0.25, 0.3) is 5.91 Å². The maximum atomic E-state index is 12.8. The van der Waals surface area contributed by atoms with E-state index in [1.807, 2.05) is 37.3 Å². The van der Waals surface area contributed by atoms with Crippen molar-refractivity contribution in [3.63, 3.8) is 0 Å². The molecule has 0 unspecified atom stereocenters. The summed E-state index contributed by atoms with van der Waals surface area (Å²) in [5.74, 6) is -0.712. The van der Waals surface area contributed by atoms with Gasteiger partial charge in [-0.3, -0.25) is 4.79 Å². The minimum atomic E-state index is -0.849. The van der Waals surface area contributed by atoms with E-state index >= 15 is 0 Å². The number of ether oxygens (including phenoxy) is 1. The van der Waals surface area contributed by atoms with Crippen LogP contribution in [0.2, 0.25) is 0 Å². The van der Waals surface area contributed by atoms with Crippen LogP contribution in [-0.4, -0.2) is 24.0 Å². The van der Waals surface area contributed by atoms with E-state index in [4.69, 9.17) is 4.74 Å². The highest BCUT2D eigenvalue weighted by Gasteiger charge is 2.34. The number of hydrogen-bond acceptors (Lipinski definition) is 3. The van der Waals surface area contributed by atoms with E-state index in [1.54, 1.807) is 30.0 Å². The third-order valence-corrected chi connectivity index (χ3v) is 4.86. The number of benzene rings is 2. The lowest BCUT2D eigenvalue weighted by Gasteiger charge is -2.26. The van der Waals surface area contributed by atoms with Gasteiger partial charge in [-0.1, -0.05) is 30.3 Å². The van der Waals surface area contributed by atoms with Crippen LogP contribution in [0.15, 0.2) is 53.0 Å². The molecule has 0 radical (unpaired) electrons. The largest absolute Gasteiger partial charge is 0.449 e. The zero-order valence-corrected chi connectivity index (χ0v) is 15.1. The molecule has 1 heterocycles. The molecule has 3 rings (SSSR count). The molecule has 0 aromatic heterocycles. The molecule has 1 aliphatic rings. The van der Waals surface area contributed by atoms with Crippen molar-refractivity contribution in [3.05, 3.63) is 64.1 Å². The summed E-state index contributed by atoms with van der Waals surface area (Å²) in [4.78, 5) is 26.8. The summed E-state index contributed by atoms with van der Waals surface area (Å²) in [7, 11) is 0. The van der Waals surface area contributed by atoms with Crippen molar-refractivity contribution < 1.29 is 14.3 Å². The first-order valence-corrected chi connectivity index (χ1v) is 8.65. The van der Waals surface area contributed by atoms with Crippen molar-refractivity contribution in [2.24, 2.45) is 0 Å². The summed E-state index contributed by atoms with van der Waals surface area (Å²) in [6, 6.07) is 14.9. The van der Waals surface area contributed by atoms with E-state index in [0.717, 1.165) is 17.7 Å². The van der Waals surface area contributed by atoms with Gasteiger partial charge in [-0.25, -0.2) is 4.79 Å². The van der Waals surface area contributed by atoms with E-state index in [2.05, 4.69) is 15.9 Å². The molecule has 2 aromatic carbocycles. The highest BCUT2D eigenvalue weighted by Crippen LogP contribution is 2.32. The summed E-state index contributed by atoms with van der Waals surface area (Å²) in [6.07, 6.45) is -0.0366. The van der Waals surface area contributed by atoms with Crippen molar-refractivity contribution in [1.29, 1.82) is 0 Å². The summed E-state index contributed by atoms with van der Waals surface area (Å²) in [5, 5.41) is 0. The van der Waals surface area contributed by atoms with Crippen LogP contribution in [0.4, 0.5) is 5.69 Å². The first-order chi connectivity index (χ1) is 11.5. The topological polar surface area (TPSA) is 46.6 Å². The highest BCUT2D eigenvalue weighted by molar-refractivity contribution is 9.10. The number of halogens is 1. The van der Waals surface area contributed by atoms with Gasteiger partial charge in [0, 0.05) is 16.2 Å². The van der Waals surface area contributed by atoms with Gasteiger partial charge in [0.1, 0.15) is 0 Å². The molecule has 1 aliphatic heterocycles. The van der Waals surface area contributed by atoms with Gasteiger partial charge in [-0.2, -0.15) is 0 Å². The molecule has 0 spiro atoms. The van der Waals surface area contributed by atoms with E-state index in [-0.39, 0.29) is 11.9 Å². The summed E-state index contributed by atoms with van der Waals surface area (Å²) < 4.78 is 6.04. The summed E-state index contributed by atoms with van der Waals surface area (Å²) >= 11 is 3.32. The number of hydrogen-bond donors (Lipinski definition) is 0. The monoisotopic (exact) mass is 387 g/mol. The number of rotatable bonds is 3. The molecule has 0 fully saturated rings. The van der Waals surface area contributed by atoms with Crippen LogP contribution in [-0.2, 0) is 16.0 Å². The number of para-hydroxylation sites is 1. The quantitative estimate of drug-likeness (QED) is 0.748. The van der Waals surface area contributed by atoms with Crippen LogP contribution in [0, 0.1) is 0 Å². The van der Waals surface area contributed by atoms with E-state index < -0.39 is 12.1 Å². The van der Waals surface area contributed by atoms with Gasteiger partial charge >= 0.3 is 5.97 Å². The number of carbonyl (C=O) groups is 2. The molecule has 5 heteroatoms. The van der Waals surface area contributed by atoms with E-state index in [1.165, 1.54) is 0 Å². The zero-order chi connectivity index (χ0) is 17.3. The Balaban J connectivity index is 1.76. The van der Waals surface area contributed by atoms with Crippen molar-refractivity contribution >= 4 is 33.5 Å². The van der Waals surface area contributed by atoms with E-state index in [9.17, 15) is 9.59 Å². The van der Waals surface area contributed by atoms with Crippen LogP contribution in [0.3, 0.4) is 0 Å². The fraction of sp³-hybridized carbons (Fsp3) is 0.263. The molecule has 2 atom stereocenters. The second-order valence-corrected chi connectivity index (χ2v) is 6.77. The fourth-order valence-electron chi connectivity index (χ4n) is 3.00. The van der Waals surface area contributed by atoms with E-state index in [0.29, 0.717) is 10.0 Å². The highest BCUT2D eigenvalue weighted by atomic mass is 79.9. The van der Waals surface area contributed by atoms with Crippen LogP contribution in [0.5, 0.6) is 0 Å². The van der Waals surface area contributed by atoms with Gasteiger partial charge < -0.3 is 9.64 Å². The Labute approximate surface area is 149 Å². The number of anilines is 1. The Bertz CT molecular complexity index is 790. The van der Waals surface area contributed by atoms with Gasteiger partial charge in [0.15, 0.2) is 6.10 Å². The first-order valence-electron chi connectivity index (χ1n) is 7.85. The van der Waals surface area contributed by atoms with Crippen molar-refractivity contribution in [2.45, 2.75) is 32.4 Å². The zero-order valence-electron chi connectivity index (χ0n) is 13.5. The summed E-state index contributed by atoms with van der Waals surface area (Å²) in [5.41, 5.74) is 2.45.